The number of rotatable bonds is 14. The number of phenols is 1. The average Bonchev–Trinajstić information content (AvgIpc) is 3.40. The standard InChI is InChI=1S/C31H38O11/c1-37-23-12-18(7-8-22(23)35)28(36)27(16-34)41-31-25(39-3)13-19(14-26(31)40-4)29-21(15-33)20-10-17(6-5-9-32)11-24(38-2)30(20)42-29/h7-8,10-14,21,27-29,32-36H,5-6,9,15-16H2,1-4H3. The Morgan fingerprint density at radius 2 is 1.50 bits per heavy atom. The molecular formula is C31H38O11. The van der Waals surface area contributed by atoms with Gasteiger partial charge >= 0.3 is 0 Å². The van der Waals surface area contributed by atoms with Crippen LogP contribution >= 0.6 is 0 Å². The van der Waals surface area contributed by atoms with Gasteiger partial charge in [0.05, 0.1) is 47.6 Å². The number of benzene rings is 3. The molecule has 42 heavy (non-hydrogen) atoms. The highest BCUT2D eigenvalue weighted by atomic mass is 16.6. The third kappa shape index (κ3) is 6.14. The van der Waals surface area contributed by atoms with Crippen molar-refractivity contribution >= 4 is 0 Å². The summed E-state index contributed by atoms with van der Waals surface area (Å²) in [5.74, 6) is 1.36. The van der Waals surface area contributed by atoms with E-state index in [0.29, 0.717) is 35.5 Å². The van der Waals surface area contributed by atoms with Crippen molar-refractivity contribution in [1.29, 1.82) is 0 Å². The first kappa shape index (κ1) is 31.0. The highest BCUT2D eigenvalue weighted by Crippen LogP contribution is 2.53. The Kier molecular flexibility index (Phi) is 10.2. The third-order valence-corrected chi connectivity index (χ3v) is 7.35. The molecule has 11 heteroatoms. The Balaban J connectivity index is 1.68. The van der Waals surface area contributed by atoms with Gasteiger partial charge in [0.25, 0.3) is 0 Å². The molecule has 1 aliphatic heterocycles. The lowest BCUT2D eigenvalue weighted by molar-refractivity contribution is -0.00180. The van der Waals surface area contributed by atoms with Crippen LogP contribution in [0.5, 0.6) is 40.2 Å². The summed E-state index contributed by atoms with van der Waals surface area (Å²) in [6, 6.07) is 11.6. The SMILES string of the molecule is COc1cc(C(O)C(CO)Oc2c(OC)cc(C3Oc4c(OC)cc(CCCO)cc4C3CO)cc2OC)ccc1O. The highest BCUT2D eigenvalue weighted by molar-refractivity contribution is 5.58. The van der Waals surface area contributed by atoms with Crippen molar-refractivity contribution in [2.75, 3.05) is 48.3 Å². The molecule has 0 spiro atoms. The number of aromatic hydroxyl groups is 1. The van der Waals surface area contributed by atoms with Crippen LogP contribution in [0.1, 0.15) is 46.8 Å². The summed E-state index contributed by atoms with van der Waals surface area (Å²) in [4.78, 5) is 0. The van der Waals surface area contributed by atoms with Gasteiger partial charge in [0, 0.05) is 17.7 Å². The van der Waals surface area contributed by atoms with Crippen molar-refractivity contribution in [3.8, 4) is 40.2 Å². The largest absolute Gasteiger partial charge is 0.504 e. The first-order valence-electron chi connectivity index (χ1n) is 13.5. The van der Waals surface area contributed by atoms with Gasteiger partial charge < -0.3 is 54.0 Å². The smallest absolute Gasteiger partial charge is 0.204 e. The number of aliphatic hydroxyl groups is 4. The molecule has 4 atom stereocenters. The van der Waals surface area contributed by atoms with Crippen LogP contribution < -0.4 is 28.4 Å². The van der Waals surface area contributed by atoms with Crippen molar-refractivity contribution in [2.24, 2.45) is 0 Å². The summed E-state index contributed by atoms with van der Waals surface area (Å²) in [7, 11) is 5.84. The molecule has 0 aliphatic carbocycles. The van der Waals surface area contributed by atoms with Crippen molar-refractivity contribution in [1.82, 2.24) is 0 Å². The molecule has 4 rings (SSSR count). The monoisotopic (exact) mass is 586 g/mol. The minimum Gasteiger partial charge on any atom is -0.504 e. The lowest BCUT2D eigenvalue weighted by Crippen LogP contribution is -2.29. The molecule has 0 saturated carbocycles. The van der Waals surface area contributed by atoms with Crippen molar-refractivity contribution in [2.45, 2.75) is 37.1 Å². The molecule has 0 radical (unpaired) electrons. The number of methoxy groups -OCH3 is 4. The van der Waals surface area contributed by atoms with Gasteiger partial charge in [-0.15, -0.1) is 0 Å². The fourth-order valence-electron chi connectivity index (χ4n) is 5.16. The Bertz CT molecular complexity index is 1330. The van der Waals surface area contributed by atoms with Gasteiger partial charge in [-0.3, -0.25) is 0 Å². The molecule has 4 unspecified atom stereocenters. The molecule has 0 bridgehead atoms. The fraction of sp³-hybridized carbons (Fsp3) is 0.419. The molecule has 0 aromatic heterocycles. The van der Waals surface area contributed by atoms with Crippen LogP contribution in [-0.4, -0.2) is 79.9 Å². The second-order valence-corrected chi connectivity index (χ2v) is 9.84. The van der Waals surface area contributed by atoms with Crippen molar-refractivity contribution < 1.29 is 54.0 Å². The van der Waals surface area contributed by atoms with Crippen LogP contribution in [0, 0.1) is 0 Å². The molecule has 0 saturated heterocycles. The van der Waals surface area contributed by atoms with E-state index in [1.165, 1.54) is 39.5 Å². The van der Waals surface area contributed by atoms with Gasteiger partial charge in [-0.1, -0.05) is 12.1 Å². The molecular weight excluding hydrogens is 548 g/mol. The topological polar surface area (TPSA) is 157 Å². The molecule has 3 aromatic carbocycles. The molecule has 0 fully saturated rings. The summed E-state index contributed by atoms with van der Waals surface area (Å²) in [6.45, 7) is -0.695. The van der Waals surface area contributed by atoms with Crippen LogP contribution in [0.25, 0.3) is 0 Å². The van der Waals surface area contributed by atoms with E-state index >= 15 is 0 Å². The maximum Gasteiger partial charge on any atom is 0.204 e. The molecule has 5 N–H and O–H groups in total. The summed E-state index contributed by atoms with van der Waals surface area (Å²) < 4.78 is 34.4. The quantitative estimate of drug-likeness (QED) is 0.189. The van der Waals surface area contributed by atoms with Gasteiger partial charge in [0.15, 0.2) is 40.6 Å². The zero-order chi connectivity index (χ0) is 30.4. The predicted molar refractivity (Wildman–Crippen MR) is 152 cm³/mol. The summed E-state index contributed by atoms with van der Waals surface area (Å²) >= 11 is 0. The van der Waals surface area contributed by atoms with Crippen molar-refractivity contribution in [3.63, 3.8) is 0 Å². The normalized spacial score (nSPS) is 17.1. The number of ether oxygens (including phenoxy) is 6. The Labute approximate surface area is 244 Å². The number of phenolic OH excluding ortho intramolecular Hbond substituents is 1. The van der Waals surface area contributed by atoms with E-state index in [-0.39, 0.29) is 42.0 Å². The van der Waals surface area contributed by atoms with Gasteiger partial charge in [-0.2, -0.15) is 0 Å². The molecule has 1 aliphatic rings. The number of hydrogen-bond donors (Lipinski definition) is 5. The third-order valence-electron chi connectivity index (χ3n) is 7.35. The number of fused-ring (bicyclic) bond motifs is 1. The van der Waals surface area contributed by atoms with Crippen LogP contribution in [0.3, 0.4) is 0 Å². The Hall–Kier alpha value is -3.90. The number of hydrogen-bond acceptors (Lipinski definition) is 11. The number of aliphatic hydroxyl groups excluding tert-OH is 4. The molecule has 3 aromatic rings. The van der Waals surface area contributed by atoms with Crippen LogP contribution in [-0.2, 0) is 6.42 Å². The van der Waals surface area contributed by atoms with Crippen molar-refractivity contribution in [3.05, 3.63) is 64.7 Å². The Morgan fingerprint density at radius 3 is 2.07 bits per heavy atom. The Morgan fingerprint density at radius 1 is 0.833 bits per heavy atom. The van der Waals surface area contributed by atoms with Gasteiger partial charge in [0.2, 0.25) is 5.75 Å². The predicted octanol–water partition coefficient (Wildman–Crippen LogP) is 3.03. The van der Waals surface area contributed by atoms with E-state index in [2.05, 4.69) is 0 Å². The lowest BCUT2D eigenvalue weighted by atomic mass is 9.90. The second kappa shape index (κ2) is 13.8. The minimum absolute atomic E-state index is 0.0628. The fourth-order valence-corrected chi connectivity index (χ4v) is 5.16. The molecule has 11 nitrogen and oxygen atoms in total. The van der Waals surface area contributed by atoms with Gasteiger partial charge in [0.1, 0.15) is 12.2 Å². The maximum absolute atomic E-state index is 11.0. The van der Waals surface area contributed by atoms with Gasteiger partial charge in [-0.05, 0) is 54.3 Å². The highest BCUT2D eigenvalue weighted by Gasteiger charge is 2.39. The number of aryl methyl sites for hydroxylation is 1. The summed E-state index contributed by atoms with van der Waals surface area (Å²) in [5.41, 5.74) is 2.74. The minimum atomic E-state index is -1.29. The summed E-state index contributed by atoms with van der Waals surface area (Å²) in [6.07, 6.45) is -1.81. The maximum atomic E-state index is 11.0. The van der Waals surface area contributed by atoms with E-state index in [0.717, 1.165) is 11.1 Å². The van der Waals surface area contributed by atoms with Crippen LogP contribution in [0.15, 0.2) is 42.5 Å². The average molecular weight is 587 g/mol. The molecule has 0 amide bonds. The molecule has 228 valence electrons. The van der Waals surface area contributed by atoms with E-state index in [4.69, 9.17) is 28.4 Å². The molecule has 1 heterocycles. The van der Waals surface area contributed by atoms with E-state index in [9.17, 15) is 25.5 Å². The van der Waals surface area contributed by atoms with Crippen LogP contribution in [0.4, 0.5) is 0 Å². The lowest BCUT2D eigenvalue weighted by Gasteiger charge is -2.26. The van der Waals surface area contributed by atoms with E-state index in [1.54, 1.807) is 19.2 Å². The second-order valence-electron chi connectivity index (χ2n) is 9.84. The zero-order valence-corrected chi connectivity index (χ0v) is 24.1. The van der Waals surface area contributed by atoms with E-state index in [1.807, 2.05) is 12.1 Å². The van der Waals surface area contributed by atoms with Crippen LogP contribution in [0.2, 0.25) is 0 Å². The first-order valence-corrected chi connectivity index (χ1v) is 13.5. The first-order chi connectivity index (χ1) is 20.3. The van der Waals surface area contributed by atoms with Gasteiger partial charge in [-0.25, -0.2) is 0 Å². The summed E-state index contributed by atoms with van der Waals surface area (Å²) in [5, 5.41) is 50.8. The van der Waals surface area contributed by atoms with E-state index < -0.39 is 30.8 Å². The zero-order valence-electron chi connectivity index (χ0n) is 24.1.